The smallest absolute Gasteiger partial charge is 0.305 e. The van der Waals surface area contributed by atoms with Crippen LogP contribution in [-0.2, 0) is 43.6 Å². The van der Waals surface area contributed by atoms with Gasteiger partial charge in [-0.1, -0.05) is 11.2 Å². The van der Waals surface area contributed by atoms with E-state index in [1.165, 1.54) is 12.0 Å². The van der Waals surface area contributed by atoms with Gasteiger partial charge in [0.25, 0.3) is 5.91 Å². The molecule has 1 fully saturated rings. The summed E-state index contributed by atoms with van der Waals surface area (Å²) in [6.07, 6.45) is 2.82. The van der Waals surface area contributed by atoms with Crippen molar-refractivity contribution in [2.45, 2.75) is 64.2 Å². The van der Waals surface area contributed by atoms with E-state index in [1.54, 1.807) is 24.3 Å². The third-order valence-electron chi connectivity index (χ3n) is 6.04. The van der Waals surface area contributed by atoms with Gasteiger partial charge >= 0.3 is 5.97 Å². The van der Waals surface area contributed by atoms with Gasteiger partial charge in [-0.15, -0.1) is 0 Å². The van der Waals surface area contributed by atoms with Crippen LogP contribution in [0.15, 0.2) is 28.8 Å². The summed E-state index contributed by atoms with van der Waals surface area (Å²) in [5, 5.41) is 4.01. The number of primary amides is 1. The maximum absolute atomic E-state index is 13.0. The number of aromatic nitrogens is 1. The standard InChI is InChI=1S/C24H29N3O8/c1-31-21(28)9-8-19(23(25)29)27-12-18-17(24(27)30)5-4-6-20(18)33-14-16-11-15(26-35-16)13-34-22-7-2-3-10-32-22/h4-6,11,19,22H,2-3,7-10,12-14H2,1H3,(H2,25,29). The maximum atomic E-state index is 13.0. The minimum absolute atomic E-state index is 0.0298. The summed E-state index contributed by atoms with van der Waals surface area (Å²) in [4.78, 5) is 37.9. The molecule has 2 unspecified atom stereocenters. The first-order chi connectivity index (χ1) is 17.0. The highest BCUT2D eigenvalue weighted by Gasteiger charge is 2.37. The molecule has 1 aromatic carbocycles. The van der Waals surface area contributed by atoms with Gasteiger partial charge < -0.3 is 34.1 Å². The molecule has 1 aromatic heterocycles. The van der Waals surface area contributed by atoms with Gasteiger partial charge in [0.2, 0.25) is 5.91 Å². The second-order valence-electron chi connectivity index (χ2n) is 8.43. The van der Waals surface area contributed by atoms with Gasteiger partial charge in [-0.2, -0.15) is 0 Å². The number of carbonyl (C=O) groups excluding carboxylic acids is 3. The van der Waals surface area contributed by atoms with Gasteiger partial charge in [-0.05, 0) is 37.8 Å². The topological polar surface area (TPSA) is 143 Å². The second-order valence-corrected chi connectivity index (χ2v) is 8.43. The molecule has 11 nitrogen and oxygen atoms in total. The van der Waals surface area contributed by atoms with Crippen LogP contribution in [0.5, 0.6) is 5.75 Å². The fourth-order valence-electron chi connectivity index (χ4n) is 4.18. The highest BCUT2D eigenvalue weighted by molar-refractivity contribution is 6.01. The van der Waals surface area contributed by atoms with Gasteiger partial charge in [0.05, 0.1) is 20.3 Å². The average molecular weight is 488 g/mol. The van der Waals surface area contributed by atoms with E-state index in [0.29, 0.717) is 34.9 Å². The fraction of sp³-hybridized carbons (Fsp3) is 0.500. The summed E-state index contributed by atoms with van der Waals surface area (Å²) in [5.74, 6) is -0.525. The lowest BCUT2D eigenvalue weighted by atomic mass is 10.1. The molecule has 188 valence electrons. The van der Waals surface area contributed by atoms with E-state index in [4.69, 9.17) is 24.5 Å². The largest absolute Gasteiger partial charge is 0.485 e. The van der Waals surface area contributed by atoms with Crippen molar-refractivity contribution in [3.63, 3.8) is 0 Å². The van der Waals surface area contributed by atoms with E-state index < -0.39 is 17.9 Å². The number of esters is 1. The molecule has 11 heteroatoms. The van der Waals surface area contributed by atoms with Gasteiger partial charge in [-0.25, -0.2) is 0 Å². The van der Waals surface area contributed by atoms with Crippen molar-refractivity contribution in [3.8, 4) is 5.75 Å². The minimum atomic E-state index is -0.938. The van der Waals surface area contributed by atoms with Crippen LogP contribution in [0.2, 0.25) is 0 Å². The average Bonchev–Trinajstić information content (AvgIpc) is 3.46. The molecule has 0 radical (unpaired) electrons. The summed E-state index contributed by atoms with van der Waals surface area (Å²) in [6, 6.07) is 5.92. The van der Waals surface area contributed by atoms with Crippen molar-refractivity contribution in [2.24, 2.45) is 5.73 Å². The van der Waals surface area contributed by atoms with Crippen LogP contribution in [0.3, 0.4) is 0 Å². The van der Waals surface area contributed by atoms with Crippen LogP contribution in [0.4, 0.5) is 0 Å². The molecular weight excluding hydrogens is 458 g/mol. The quantitative estimate of drug-likeness (QED) is 0.471. The Morgan fingerprint density at radius 1 is 1.29 bits per heavy atom. The SMILES string of the molecule is COC(=O)CCC(C(N)=O)N1Cc2c(OCc3cc(COC4CCCCO4)no3)cccc2C1=O. The zero-order valence-corrected chi connectivity index (χ0v) is 19.6. The maximum Gasteiger partial charge on any atom is 0.305 e. The van der Waals surface area contributed by atoms with Crippen LogP contribution >= 0.6 is 0 Å². The lowest BCUT2D eigenvalue weighted by molar-refractivity contribution is -0.169. The number of carbonyl (C=O) groups is 3. The van der Waals surface area contributed by atoms with E-state index in [9.17, 15) is 14.4 Å². The minimum Gasteiger partial charge on any atom is -0.485 e. The zero-order chi connectivity index (χ0) is 24.8. The molecule has 35 heavy (non-hydrogen) atoms. The van der Waals surface area contributed by atoms with Gasteiger partial charge in [-0.3, -0.25) is 14.4 Å². The van der Waals surface area contributed by atoms with Crippen LogP contribution in [0.1, 0.15) is 59.5 Å². The first-order valence-corrected chi connectivity index (χ1v) is 11.6. The first-order valence-electron chi connectivity index (χ1n) is 11.6. The Morgan fingerprint density at radius 3 is 2.89 bits per heavy atom. The fourth-order valence-corrected chi connectivity index (χ4v) is 4.18. The number of amides is 2. The van der Waals surface area contributed by atoms with Crippen LogP contribution in [0.25, 0.3) is 0 Å². The first kappa shape index (κ1) is 24.7. The second kappa shape index (κ2) is 11.3. The molecule has 0 bridgehead atoms. The zero-order valence-electron chi connectivity index (χ0n) is 19.6. The number of ether oxygens (including phenoxy) is 4. The Labute approximate surface area is 202 Å². The van der Waals surface area contributed by atoms with Crippen molar-refractivity contribution in [1.82, 2.24) is 10.1 Å². The molecule has 0 spiro atoms. The Kier molecular flexibility index (Phi) is 7.98. The van der Waals surface area contributed by atoms with Gasteiger partial charge in [0.1, 0.15) is 24.1 Å². The molecule has 0 aliphatic carbocycles. The number of fused-ring (bicyclic) bond motifs is 1. The van der Waals surface area contributed by atoms with Crippen molar-refractivity contribution in [2.75, 3.05) is 13.7 Å². The number of hydrogen-bond acceptors (Lipinski definition) is 9. The monoisotopic (exact) mass is 487 g/mol. The molecule has 2 atom stereocenters. The van der Waals surface area contributed by atoms with Crippen molar-refractivity contribution in [1.29, 1.82) is 0 Å². The Morgan fingerprint density at radius 2 is 2.14 bits per heavy atom. The summed E-state index contributed by atoms with van der Waals surface area (Å²) < 4.78 is 27.2. The van der Waals surface area contributed by atoms with Crippen molar-refractivity contribution >= 4 is 17.8 Å². The molecule has 2 aromatic rings. The highest BCUT2D eigenvalue weighted by atomic mass is 16.7. The van der Waals surface area contributed by atoms with Crippen LogP contribution < -0.4 is 10.5 Å². The number of benzene rings is 1. The summed E-state index contributed by atoms with van der Waals surface area (Å²) in [7, 11) is 1.26. The number of methoxy groups -OCH3 is 1. The molecule has 2 amide bonds. The van der Waals surface area contributed by atoms with E-state index in [0.717, 1.165) is 19.3 Å². The number of nitrogens with two attached hydrogens (primary N) is 1. The predicted molar refractivity (Wildman–Crippen MR) is 120 cm³/mol. The molecule has 0 saturated carbocycles. The van der Waals surface area contributed by atoms with E-state index >= 15 is 0 Å². The van der Waals surface area contributed by atoms with Crippen LogP contribution in [0, 0.1) is 0 Å². The summed E-state index contributed by atoms with van der Waals surface area (Å²) in [6.45, 7) is 1.21. The lowest BCUT2D eigenvalue weighted by Crippen LogP contribution is -2.45. The Bertz CT molecular complexity index is 1060. The molecule has 2 aliphatic rings. The molecule has 1 saturated heterocycles. The predicted octanol–water partition coefficient (Wildman–Crippen LogP) is 2.06. The lowest BCUT2D eigenvalue weighted by Gasteiger charge is -2.24. The van der Waals surface area contributed by atoms with E-state index in [1.807, 2.05) is 0 Å². The summed E-state index contributed by atoms with van der Waals surface area (Å²) >= 11 is 0. The Balaban J connectivity index is 1.37. The van der Waals surface area contributed by atoms with Gasteiger partial charge in [0.15, 0.2) is 12.1 Å². The molecule has 3 heterocycles. The highest BCUT2D eigenvalue weighted by Crippen LogP contribution is 2.33. The third kappa shape index (κ3) is 5.98. The van der Waals surface area contributed by atoms with Gasteiger partial charge in [0, 0.05) is 30.2 Å². The number of nitrogens with zero attached hydrogens (tertiary/aromatic N) is 2. The molecule has 4 rings (SSSR count). The molecule has 2 N–H and O–H groups in total. The van der Waals surface area contributed by atoms with E-state index in [-0.39, 0.29) is 44.8 Å². The third-order valence-corrected chi connectivity index (χ3v) is 6.04. The number of rotatable bonds is 11. The van der Waals surface area contributed by atoms with Crippen LogP contribution in [-0.4, -0.2) is 53.9 Å². The summed E-state index contributed by atoms with van der Waals surface area (Å²) in [5.41, 5.74) is 7.23. The van der Waals surface area contributed by atoms with Crippen molar-refractivity contribution < 1.29 is 37.9 Å². The Hall–Kier alpha value is -3.44. The number of hydrogen-bond donors (Lipinski definition) is 1. The van der Waals surface area contributed by atoms with E-state index in [2.05, 4.69) is 9.89 Å². The molecule has 2 aliphatic heterocycles. The van der Waals surface area contributed by atoms with Crippen molar-refractivity contribution in [3.05, 3.63) is 46.8 Å². The molecular formula is C24H29N3O8. The normalized spacial score (nSPS) is 18.3.